The SMILES string of the molecule is Nc1ccccc1NC(=O)CCCCC(=O)NCc1cccc(-c2cccc(C3OC(CN4CCCCCCC4)CC(c4ccc(CO)cc4)O3)c2)c1. The minimum Gasteiger partial charge on any atom is -0.397 e. The van der Waals surface area contributed by atoms with Crippen molar-refractivity contribution in [2.24, 2.45) is 0 Å². The normalized spacial score (nSPS) is 19.5. The molecular formula is C44H54N4O5. The third-order valence-corrected chi connectivity index (χ3v) is 10.2. The highest BCUT2D eigenvalue weighted by atomic mass is 16.7. The first-order chi connectivity index (χ1) is 25.9. The van der Waals surface area contributed by atoms with Crippen LogP contribution in [0.3, 0.4) is 0 Å². The molecule has 0 spiro atoms. The summed E-state index contributed by atoms with van der Waals surface area (Å²) < 4.78 is 13.4. The lowest BCUT2D eigenvalue weighted by atomic mass is 9.98. The van der Waals surface area contributed by atoms with Crippen LogP contribution < -0.4 is 16.4 Å². The van der Waals surface area contributed by atoms with Crippen LogP contribution in [-0.4, -0.2) is 47.6 Å². The Hall–Kier alpha value is -4.54. The van der Waals surface area contributed by atoms with E-state index in [1.165, 1.54) is 32.1 Å². The number of likely N-dealkylation sites (tertiary alicyclic amines) is 1. The number of aliphatic hydroxyl groups is 1. The highest BCUT2D eigenvalue weighted by Crippen LogP contribution is 2.39. The predicted molar refractivity (Wildman–Crippen MR) is 210 cm³/mol. The third kappa shape index (κ3) is 11.5. The Morgan fingerprint density at radius 1 is 0.736 bits per heavy atom. The van der Waals surface area contributed by atoms with E-state index in [0.717, 1.165) is 59.4 Å². The Labute approximate surface area is 313 Å². The number of para-hydroxylation sites is 2. The van der Waals surface area contributed by atoms with Gasteiger partial charge in [0.2, 0.25) is 11.8 Å². The molecule has 5 N–H and O–H groups in total. The number of anilines is 2. The maximum absolute atomic E-state index is 12.6. The van der Waals surface area contributed by atoms with Crippen molar-refractivity contribution >= 4 is 23.2 Å². The third-order valence-electron chi connectivity index (χ3n) is 10.2. The Morgan fingerprint density at radius 3 is 2.19 bits per heavy atom. The number of nitrogens with one attached hydrogen (secondary N) is 2. The van der Waals surface area contributed by atoms with Crippen molar-refractivity contribution in [1.29, 1.82) is 0 Å². The molecule has 2 heterocycles. The predicted octanol–water partition coefficient (Wildman–Crippen LogP) is 8.05. The molecule has 4 aromatic rings. The second kappa shape index (κ2) is 19.5. The first-order valence-corrected chi connectivity index (χ1v) is 19.3. The summed E-state index contributed by atoms with van der Waals surface area (Å²) in [5.41, 5.74) is 13.1. The molecule has 280 valence electrons. The van der Waals surface area contributed by atoms with E-state index in [9.17, 15) is 14.7 Å². The molecule has 9 nitrogen and oxygen atoms in total. The summed E-state index contributed by atoms with van der Waals surface area (Å²) in [6.45, 7) is 3.54. The average molecular weight is 719 g/mol. The zero-order valence-corrected chi connectivity index (χ0v) is 30.7. The molecule has 0 saturated carbocycles. The van der Waals surface area contributed by atoms with E-state index < -0.39 is 6.29 Å². The van der Waals surface area contributed by atoms with Crippen LogP contribution in [0.4, 0.5) is 11.4 Å². The molecule has 2 aliphatic rings. The fourth-order valence-corrected chi connectivity index (χ4v) is 7.23. The minimum absolute atomic E-state index is 0.0173. The standard InChI is InChI=1S/C44H54N4O5/c45-39-16-4-5-17-40(39)47-43(51)19-7-6-18-42(50)46-29-33-12-10-13-35(26-33)36-14-11-15-37(27-36)44-52-38(30-48-24-8-2-1-3-9-25-48)28-41(53-44)34-22-20-32(31-49)21-23-34/h4-5,10-17,20-23,26-27,38,41,44,49H,1-3,6-9,18-19,24-25,28-31,45H2,(H,46,50)(H,47,51). The second-order valence-electron chi connectivity index (χ2n) is 14.4. The number of hydrogen-bond acceptors (Lipinski definition) is 7. The van der Waals surface area contributed by atoms with Crippen LogP contribution >= 0.6 is 0 Å². The van der Waals surface area contributed by atoms with Gasteiger partial charge in [0.1, 0.15) is 0 Å². The summed E-state index contributed by atoms with van der Waals surface area (Å²) in [6.07, 6.45) is 8.46. The van der Waals surface area contributed by atoms with Crippen molar-refractivity contribution in [3.8, 4) is 11.1 Å². The molecule has 0 radical (unpaired) electrons. The highest BCUT2D eigenvalue weighted by molar-refractivity contribution is 5.93. The second-order valence-corrected chi connectivity index (χ2v) is 14.4. The van der Waals surface area contributed by atoms with Gasteiger partial charge in [-0.1, -0.05) is 92.1 Å². The van der Waals surface area contributed by atoms with Crippen molar-refractivity contribution in [2.75, 3.05) is 30.7 Å². The van der Waals surface area contributed by atoms with Crippen molar-refractivity contribution in [1.82, 2.24) is 10.2 Å². The summed E-state index contributed by atoms with van der Waals surface area (Å²) in [5, 5.41) is 15.5. The van der Waals surface area contributed by atoms with Gasteiger partial charge in [-0.05, 0) is 90.9 Å². The number of unbranched alkanes of at least 4 members (excludes halogenated alkanes) is 1. The number of carbonyl (C=O) groups excluding carboxylic acids is 2. The lowest BCUT2D eigenvalue weighted by Crippen LogP contribution is -2.40. The monoisotopic (exact) mass is 718 g/mol. The summed E-state index contributed by atoms with van der Waals surface area (Å²) in [6, 6.07) is 31.8. The van der Waals surface area contributed by atoms with Gasteiger partial charge in [0.15, 0.2) is 6.29 Å². The highest BCUT2D eigenvalue weighted by Gasteiger charge is 2.33. The Balaban J connectivity index is 1.05. The zero-order chi connectivity index (χ0) is 36.8. The van der Waals surface area contributed by atoms with Crippen LogP contribution in [0.5, 0.6) is 0 Å². The quantitative estimate of drug-likeness (QED) is 0.0768. The Morgan fingerprint density at radius 2 is 1.43 bits per heavy atom. The molecule has 4 aromatic carbocycles. The number of nitrogens with zero attached hydrogens (tertiary/aromatic N) is 1. The topological polar surface area (TPSA) is 126 Å². The Bertz CT molecular complexity index is 1770. The molecule has 3 atom stereocenters. The summed E-state index contributed by atoms with van der Waals surface area (Å²) in [4.78, 5) is 27.5. The fraction of sp³-hybridized carbons (Fsp3) is 0.409. The largest absolute Gasteiger partial charge is 0.397 e. The van der Waals surface area contributed by atoms with Crippen LogP contribution in [0, 0.1) is 0 Å². The van der Waals surface area contributed by atoms with E-state index in [1.54, 1.807) is 12.1 Å². The molecule has 2 fully saturated rings. The summed E-state index contributed by atoms with van der Waals surface area (Å²) in [7, 11) is 0. The number of rotatable bonds is 14. The van der Waals surface area contributed by atoms with Gasteiger partial charge in [-0.15, -0.1) is 0 Å². The molecule has 53 heavy (non-hydrogen) atoms. The molecule has 2 amide bonds. The van der Waals surface area contributed by atoms with E-state index in [4.69, 9.17) is 15.2 Å². The molecule has 2 aliphatic heterocycles. The molecule has 0 aliphatic carbocycles. The van der Waals surface area contributed by atoms with Gasteiger partial charge in [0.25, 0.3) is 0 Å². The Kier molecular flexibility index (Phi) is 14.1. The number of ether oxygens (including phenoxy) is 2. The average Bonchev–Trinajstić information content (AvgIpc) is 3.18. The molecule has 0 bridgehead atoms. The van der Waals surface area contributed by atoms with E-state index >= 15 is 0 Å². The number of amides is 2. The number of aliphatic hydroxyl groups excluding tert-OH is 1. The number of nitrogens with two attached hydrogens (primary N) is 1. The van der Waals surface area contributed by atoms with E-state index in [2.05, 4.69) is 58.0 Å². The van der Waals surface area contributed by atoms with Gasteiger partial charge in [0, 0.05) is 37.9 Å². The summed E-state index contributed by atoms with van der Waals surface area (Å²) in [5.74, 6) is -0.148. The van der Waals surface area contributed by atoms with Crippen LogP contribution in [-0.2, 0) is 32.2 Å². The molecule has 0 aromatic heterocycles. The van der Waals surface area contributed by atoms with Gasteiger partial charge in [-0.25, -0.2) is 0 Å². The lowest BCUT2D eigenvalue weighted by molar-refractivity contribution is -0.253. The maximum Gasteiger partial charge on any atom is 0.224 e. The van der Waals surface area contributed by atoms with Gasteiger partial charge >= 0.3 is 0 Å². The first-order valence-electron chi connectivity index (χ1n) is 19.3. The first kappa shape index (κ1) is 38.2. The van der Waals surface area contributed by atoms with Crippen LogP contribution in [0.1, 0.15) is 98.9 Å². The van der Waals surface area contributed by atoms with Crippen LogP contribution in [0.2, 0.25) is 0 Å². The van der Waals surface area contributed by atoms with Gasteiger partial charge < -0.3 is 35.8 Å². The van der Waals surface area contributed by atoms with E-state index in [1.807, 2.05) is 42.5 Å². The van der Waals surface area contributed by atoms with Gasteiger partial charge in [-0.3, -0.25) is 9.59 Å². The molecule has 6 rings (SSSR count). The maximum atomic E-state index is 12.6. The molecule has 9 heteroatoms. The lowest BCUT2D eigenvalue weighted by Gasteiger charge is -2.39. The number of nitrogen functional groups attached to an aromatic ring is 1. The molecular weight excluding hydrogens is 665 g/mol. The number of hydrogen-bond donors (Lipinski definition) is 4. The molecule has 3 unspecified atom stereocenters. The van der Waals surface area contributed by atoms with Gasteiger partial charge in [-0.2, -0.15) is 0 Å². The molecule has 2 saturated heterocycles. The van der Waals surface area contributed by atoms with Crippen molar-refractivity contribution < 1.29 is 24.2 Å². The smallest absolute Gasteiger partial charge is 0.224 e. The van der Waals surface area contributed by atoms with E-state index in [0.29, 0.717) is 43.6 Å². The van der Waals surface area contributed by atoms with Crippen molar-refractivity contribution in [3.05, 3.63) is 119 Å². The van der Waals surface area contributed by atoms with Crippen LogP contribution in [0.25, 0.3) is 11.1 Å². The minimum atomic E-state index is -0.518. The van der Waals surface area contributed by atoms with E-state index in [-0.39, 0.29) is 30.6 Å². The number of benzene rings is 4. The zero-order valence-electron chi connectivity index (χ0n) is 30.7. The van der Waals surface area contributed by atoms with Crippen LogP contribution in [0.15, 0.2) is 97.1 Å². The van der Waals surface area contributed by atoms with Crippen molar-refractivity contribution in [3.63, 3.8) is 0 Å². The van der Waals surface area contributed by atoms with Gasteiger partial charge in [0.05, 0.1) is 30.2 Å². The summed E-state index contributed by atoms with van der Waals surface area (Å²) >= 11 is 0. The van der Waals surface area contributed by atoms with Crippen molar-refractivity contribution in [2.45, 2.75) is 95.9 Å². The number of carbonyl (C=O) groups is 2. The fourth-order valence-electron chi connectivity index (χ4n) is 7.23.